The molecule has 0 fully saturated rings. The van der Waals surface area contributed by atoms with Crippen molar-refractivity contribution < 1.29 is 19.4 Å². The summed E-state index contributed by atoms with van der Waals surface area (Å²) in [5, 5.41) is 9.34. The first-order valence-corrected chi connectivity index (χ1v) is 7.57. The maximum atomic E-state index is 10.6. The molecule has 3 aromatic rings. The second kappa shape index (κ2) is 9.20. The molecule has 0 bridgehead atoms. The molecule has 0 saturated carbocycles. The van der Waals surface area contributed by atoms with Crippen molar-refractivity contribution in [1.82, 2.24) is 4.98 Å². The summed E-state index contributed by atoms with van der Waals surface area (Å²) in [6.07, 6.45) is 2.96. The van der Waals surface area contributed by atoms with Crippen molar-refractivity contribution in [3.8, 4) is 17.4 Å². The van der Waals surface area contributed by atoms with Crippen LogP contribution in [0.15, 0.2) is 66.9 Å². The number of hydrogen-bond acceptors (Lipinski definition) is 5. The molecule has 0 aliphatic carbocycles. The van der Waals surface area contributed by atoms with Crippen molar-refractivity contribution in [2.75, 3.05) is 0 Å². The lowest BCUT2D eigenvalue weighted by atomic mass is 10.2. The Morgan fingerprint density at radius 2 is 1.60 bits per heavy atom. The van der Waals surface area contributed by atoms with Gasteiger partial charge in [0.1, 0.15) is 24.1 Å². The lowest BCUT2D eigenvalue weighted by molar-refractivity contribution is 0.111. The SMILES string of the molecule is O=Cc1cccc(O)c1.O=Cc1cccc(Oc2ccc(Cl)cn2)c1. The van der Waals surface area contributed by atoms with E-state index in [1.807, 2.05) is 0 Å². The third-order valence-corrected chi connectivity index (χ3v) is 3.15. The lowest BCUT2D eigenvalue weighted by Gasteiger charge is -2.04. The van der Waals surface area contributed by atoms with Crippen LogP contribution >= 0.6 is 11.6 Å². The summed E-state index contributed by atoms with van der Waals surface area (Å²) in [6.45, 7) is 0. The molecule has 0 aliphatic rings. The Kier molecular flexibility index (Phi) is 6.68. The van der Waals surface area contributed by atoms with Gasteiger partial charge in [0.2, 0.25) is 5.88 Å². The predicted molar refractivity (Wildman–Crippen MR) is 94.6 cm³/mol. The quantitative estimate of drug-likeness (QED) is 0.695. The summed E-state index contributed by atoms with van der Waals surface area (Å²) in [4.78, 5) is 24.6. The number of phenolic OH excluding ortho intramolecular Hbond substituents is 1. The van der Waals surface area contributed by atoms with Crippen LogP contribution in [0.5, 0.6) is 17.4 Å². The van der Waals surface area contributed by atoms with Gasteiger partial charge in [-0.2, -0.15) is 0 Å². The molecule has 0 atom stereocenters. The topological polar surface area (TPSA) is 76.5 Å². The second-order valence-corrected chi connectivity index (χ2v) is 5.26. The van der Waals surface area contributed by atoms with E-state index in [0.717, 1.165) is 6.29 Å². The van der Waals surface area contributed by atoms with E-state index < -0.39 is 0 Å². The highest BCUT2D eigenvalue weighted by Crippen LogP contribution is 2.20. The molecule has 3 rings (SSSR count). The molecule has 0 amide bonds. The first kappa shape index (κ1) is 18.2. The summed E-state index contributed by atoms with van der Waals surface area (Å²) in [5.74, 6) is 1.13. The number of ether oxygens (including phenoxy) is 1. The maximum Gasteiger partial charge on any atom is 0.219 e. The summed E-state index contributed by atoms with van der Waals surface area (Å²) in [5.41, 5.74) is 1.06. The van der Waals surface area contributed by atoms with Gasteiger partial charge in [-0.15, -0.1) is 0 Å². The van der Waals surface area contributed by atoms with Gasteiger partial charge in [-0.1, -0.05) is 35.9 Å². The van der Waals surface area contributed by atoms with Crippen LogP contribution in [0, 0.1) is 0 Å². The number of aldehydes is 2. The van der Waals surface area contributed by atoms with Crippen LogP contribution < -0.4 is 4.74 Å². The van der Waals surface area contributed by atoms with E-state index in [9.17, 15) is 9.59 Å². The van der Waals surface area contributed by atoms with Crippen molar-refractivity contribution in [3.05, 3.63) is 83.0 Å². The number of halogens is 1. The predicted octanol–water partition coefficient (Wildman–Crippen LogP) is 4.54. The van der Waals surface area contributed by atoms with Gasteiger partial charge < -0.3 is 9.84 Å². The zero-order valence-electron chi connectivity index (χ0n) is 13.0. The van der Waals surface area contributed by atoms with Crippen LogP contribution in [0.2, 0.25) is 5.02 Å². The number of aromatic hydroxyl groups is 1. The summed E-state index contributed by atoms with van der Waals surface area (Å²) < 4.78 is 5.45. The van der Waals surface area contributed by atoms with Gasteiger partial charge in [-0.3, -0.25) is 9.59 Å². The third-order valence-electron chi connectivity index (χ3n) is 2.92. The van der Waals surface area contributed by atoms with Crippen LogP contribution in [0.3, 0.4) is 0 Å². The van der Waals surface area contributed by atoms with E-state index in [4.69, 9.17) is 21.4 Å². The number of carbonyl (C=O) groups is 2. The van der Waals surface area contributed by atoms with Crippen LogP contribution in [-0.2, 0) is 0 Å². The monoisotopic (exact) mass is 355 g/mol. The van der Waals surface area contributed by atoms with E-state index in [2.05, 4.69) is 4.98 Å². The number of pyridine rings is 1. The fourth-order valence-corrected chi connectivity index (χ4v) is 1.90. The number of hydrogen-bond donors (Lipinski definition) is 1. The van der Waals surface area contributed by atoms with Gasteiger partial charge in [0.25, 0.3) is 0 Å². The van der Waals surface area contributed by atoms with E-state index in [-0.39, 0.29) is 5.75 Å². The normalized spacial score (nSPS) is 9.48. The van der Waals surface area contributed by atoms with Crippen LogP contribution in [0.1, 0.15) is 20.7 Å². The van der Waals surface area contributed by atoms with E-state index in [1.165, 1.54) is 18.3 Å². The molecule has 1 heterocycles. The number of phenols is 1. The number of carbonyl (C=O) groups excluding carboxylic acids is 2. The Bertz CT molecular complexity index is 850. The molecular weight excluding hydrogens is 342 g/mol. The Morgan fingerprint density at radius 3 is 2.16 bits per heavy atom. The zero-order chi connectivity index (χ0) is 18.1. The number of benzene rings is 2. The molecule has 126 valence electrons. The molecule has 0 aliphatic heterocycles. The van der Waals surface area contributed by atoms with Gasteiger partial charge in [0.15, 0.2) is 0 Å². The van der Waals surface area contributed by atoms with Gasteiger partial charge in [-0.05, 0) is 30.3 Å². The van der Waals surface area contributed by atoms with Crippen molar-refractivity contribution in [2.24, 2.45) is 0 Å². The third kappa shape index (κ3) is 6.08. The van der Waals surface area contributed by atoms with E-state index in [1.54, 1.807) is 48.5 Å². The fourth-order valence-electron chi connectivity index (χ4n) is 1.79. The van der Waals surface area contributed by atoms with Crippen molar-refractivity contribution in [1.29, 1.82) is 0 Å². The van der Waals surface area contributed by atoms with Gasteiger partial charge >= 0.3 is 0 Å². The molecule has 25 heavy (non-hydrogen) atoms. The Labute approximate surface area is 149 Å². The molecule has 1 N–H and O–H groups in total. The molecule has 0 spiro atoms. The molecule has 0 radical (unpaired) electrons. The molecule has 5 nitrogen and oxygen atoms in total. The first-order valence-electron chi connectivity index (χ1n) is 7.19. The van der Waals surface area contributed by atoms with Gasteiger partial charge in [0, 0.05) is 23.4 Å². The highest BCUT2D eigenvalue weighted by atomic mass is 35.5. The fraction of sp³-hybridized carbons (Fsp3) is 0. The average Bonchev–Trinajstić information content (AvgIpc) is 2.64. The summed E-state index contributed by atoms with van der Waals surface area (Å²) >= 11 is 5.70. The molecular formula is C19H14ClNO4. The van der Waals surface area contributed by atoms with Crippen LogP contribution in [0.4, 0.5) is 0 Å². The van der Waals surface area contributed by atoms with E-state index >= 15 is 0 Å². The number of nitrogens with zero attached hydrogens (tertiary/aromatic N) is 1. The summed E-state index contributed by atoms with van der Waals surface area (Å²) in [7, 11) is 0. The Hall–Kier alpha value is -3.18. The first-order chi connectivity index (χ1) is 12.1. The minimum absolute atomic E-state index is 0.125. The Morgan fingerprint density at radius 1 is 0.920 bits per heavy atom. The average molecular weight is 356 g/mol. The highest BCUT2D eigenvalue weighted by Gasteiger charge is 1.99. The van der Waals surface area contributed by atoms with Gasteiger partial charge in [-0.25, -0.2) is 4.98 Å². The second-order valence-electron chi connectivity index (χ2n) is 4.82. The molecule has 2 aromatic carbocycles. The highest BCUT2D eigenvalue weighted by molar-refractivity contribution is 6.30. The smallest absolute Gasteiger partial charge is 0.219 e. The van der Waals surface area contributed by atoms with E-state index in [0.29, 0.717) is 34.1 Å². The zero-order valence-corrected chi connectivity index (χ0v) is 13.8. The Balaban J connectivity index is 0.000000212. The number of aromatic nitrogens is 1. The van der Waals surface area contributed by atoms with Crippen LogP contribution in [-0.4, -0.2) is 22.7 Å². The maximum absolute atomic E-state index is 10.6. The van der Waals surface area contributed by atoms with Gasteiger partial charge in [0.05, 0.1) is 5.02 Å². The van der Waals surface area contributed by atoms with Crippen molar-refractivity contribution >= 4 is 24.2 Å². The molecule has 0 unspecified atom stereocenters. The summed E-state index contributed by atoms with van der Waals surface area (Å²) in [6, 6.07) is 16.4. The van der Waals surface area contributed by atoms with Crippen molar-refractivity contribution in [2.45, 2.75) is 0 Å². The lowest BCUT2D eigenvalue weighted by Crippen LogP contribution is -1.88. The largest absolute Gasteiger partial charge is 0.508 e. The van der Waals surface area contributed by atoms with Crippen molar-refractivity contribution in [3.63, 3.8) is 0 Å². The van der Waals surface area contributed by atoms with Crippen LogP contribution in [0.25, 0.3) is 0 Å². The molecule has 0 saturated heterocycles. The minimum Gasteiger partial charge on any atom is -0.508 e. The number of rotatable bonds is 4. The minimum atomic E-state index is 0.125. The standard InChI is InChI=1S/C12H8ClNO2.C7H6O2/c13-10-4-5-12(14-7-10)16-11-3-1-2-9(6-11)8-15;8-5-6-2-1-3-7(9)4-6/h1-8H;1-5,9H. The molecule has 6 heteroatoms. The molecule has 1 aromatic heterocycles.